The van der Waals surface area contributed by atoms with Gasteiger partial charge in [0.1, 0.15) is 22.6 Å². The molecule has 4 aliphatic carbocycles. The first-order chi connectivity index (χ1) is 35.2. The molecule has 0 radical (unpaired) electrons. The Bertz CT molecular complexity index is 7360. The minimum Gasteiger partial charge on any atom is -0.508 e. The maximum absolute atomic E-state index is 12.4. The Kier molecular flexibility index (Phi) is 2.11. The summed E-state index contributed by atoms with van der Waals surface area (Å²) in [6, 6.07) is 5.10. The van der Waals surface area contributed by atoms with Crippen LogP contribution < -0.4 is 0 Å². The zero-order valence-electron chi connectivity index (χ0n) is 35.5. The minimum atomic E-state index is -1.04. The number of hydrogen-bond acceptors (Lipinski definition) is 4. The molecule has 0 amide bonds. The molecular formula is C67H5NO3. The lowest BCUT2D eigenvalue weighted by molar-refractivity contribution is -0.0122. The van der Waals surface area contributed by atoms with Crippen molar-refractivity contribution in [3.63, 3.8) is 0 Å². The zero-order valence-corrected chi connectivity index (χ0v) is 35.5. The highest BCUT2D eigenvalue weighted by Gasteiger charge is 2.76. The van der Waals surface area contributed by atoms with Crippen molar-refractivity contribution >= 4 is 297 Å². The summed E-state index contributed by atoms with van der Waals surface area (Å²) < 4.78 is 0. The smallest absolute Gasteiger partial charge is 0.209 e. The first kappa shape index (κ1) is 25.9. The van der Waals surface area contributed by atoms with Crippen LogP contribution in [0, 0.1) is 0 Å². The van der Waals surface area contributed by atoms with Gasteiger partial charge >= 0.3 is 0 Å². The van der Waals surface area contributed by atoms with Crippen LogP contribution in [0.1, 0.15) is 27.8 Å². The summed E-state index contributed by atoms with van der Waals surface area (Å²) in [5, 5.41) is 112. The molecule has 4 nitrogen and oxygen atoms in total. The minimum absolute atomic E-state index is 0.130. The van der Waals surface area contributed by atoms with E-state index in [1.165, 1.54) is 162 Å². The number of phenolic OH excluding ortho intramolecular Hbond substituents is 2. The molecular weight excluding hydrogens is 867 g/mol. The third kappa shape index (κ3) is 1.36. The summed E-state index contributed by atoms with van der Waals surface area (Å²) in [4.78, 5) is 7.99. The van der Waals surface area contributed by atoms with Gasteiger partial charge in [-0.1, -0.05) is 5.16 Å². The van der Waals surface area contributed by atoms with Crippen LogP contribution in [0.15, 0.2) is 23.4 Å². The molecule has 71 heavy (non-hydrogen) atoms. The van der Waals surface area contributed by atoms with Crippen molar-refractivity contribution in [1.82, 2.24) is 0 Å². The zero-order chi connectivity index (χ0) is 42.3. The van der Waals surface area contributed by atoms with Gasteiger partial charge in [0, 0.05) is 16.7 Å². The van der Waals surface area contributed by atoms with Gasteiger partial charge in [-0.3, -0.25) is 0 Å². The largest absolute Gasteiger partial charge is 0.508 e. The van der Waals surface area contributed by atoms with Gasteiger partial charge in [-0.05, 0) is 320 Å². The number of nitrogens with zero attached hydrogens (tertiary/aromatic N) is 1. The third-order valence-corrected chi connectivity index (χ3v) is 25.1. The second-order valence-corrected chi connectivity index (χ2v) is 25.4. The van der Waals surface area contributed by atoms with E-state index in [2.05, 4.69) is 0 Å². The first-order valence-corrected chi connectivity index (χ1v) is 25.8. The second kappa shape index (κ2) is 5.78. The van der Waals surface area contributed by atoms with Gasteiger partial charge in [-0.2, -0.15) is 0 Å². The Morgan fingerprint density at radius 2 is 0.479 bits per heavy atom. The van der Waals surface area contributed by atoms with Crippen molar-refractivity contribution in [3.8, 4) is 11.5 Å². The SMILES string of the molecule is Oc1ccc(O)c(C2=NOC34c5c6c7c8c9c%10c(c%11c%12c3c3c5c5c%13c6c6c7c7c9c9c%14c%10c%10c%11c%11c%12c%12c3c3c5c5c%13c%13c6c6c7c9c7c9c%14c%10c%10c%11c%11c%12c3c3c5c5c%13c6c7c6c9c%10c%11c3c56)C284)c1. The Hall–Kier alpha value is -9.25. The molecule has 4 heteroatoms. The fourth-order valence-electron chi connectivity index (χ4n) is 24.9. The van der Waals surface area contributed by atoms with Gasteiger partial charge in [0.2, 0.25) is 5.60 Å². The molecule has 0 unspecified atom stereocenters. The van der Waals surface area contributed by atoms with Gasteiger partial charge in [0.15, 0.2) is 0 Å². The van der Waals surface area contributed by atoms with Gasteiger partial charge < -0.3 is 15.1 Å². The first-order valence-electron chi connectivity index (χ1n) is 25.8. The molecule has 296 valence electrons. The summed E-state index contributed by atoms with van der Waals surface area (Å²) in [7, 11) is 0. The van der Waals surface area contributed by atoms with Gasteiger partial charge in [0.05, 0.1) is 0 Å². The second-order valence-electron chi connectivity index (χ2n) is 25.4. The van der Waals surface area contributed by atoms with Crippen LogP contribution in [0.2, 0.25) is 0 Å². The third-order valence-electron chi connectivity index (χ3n) is 25.1. The molecule has 2 N–H and O–H groups in total. The average molecular weight is 872 g/mol. The highest BCUT2D eigenvalue weighted by Crippen LogP contribution is 2.85. The lowest BCUT2D eigenvalue weighted by atomic mass is 9.52. The van der Waals surface area contributed by atoms with E-state index in [1.54, 1.807) is 169 Å². The Morgan fingerprint density at radius 3 is 0.718 bits per heavy atom. The van der Waals surface area contributed by atoms with Gasteiger partial charge in [0.25, 0.3) is 0 Å². The number of rotatable bonds is 1. The van der Waals surface area contributed by atoms with Crippen LogP contribution in [0.4, 0.5) is 0 Å². The standard InChI is InChI=1S/C67H5NO3/c69-4-1-2-6(70)5(3-4)65-66-61-53-45-35-25-17-9-7-8-11-15-13(9)21-29-23(15)33-27-19(11)20-12(8)16-14-10(7)18(17)26-32-22(14)30-24(16)34-28(20)38-37(27)49-43(33)51-41(29)47(39(45)31(21)25)55(61)57(51)63-59(49)60-50(38)44(34)52-42(30)48-40(32)46(36(26)35)54(53)62(66)56(48)58(52)64(60)67(63,66)71-68-65/h1-3,69-70H. The van der Waals surface area contributed by atoms with E-state index in [-0.39, 0.29) is 11.5 Å². The summed E-state index contributed by atoms with van der Waals surface area (Å²) in [5.41, 5.74) is 4.84. The lowest BCUT2D eigenvalue weighted by Crippen LogP contribution is -2.54. The van der Waals surface area contributed by atoms with E-state index >= 15 is 0 Å². The number of benzene rings is 19. The summed E-state index contributed by atoms with van der Waals surface area (Å²) in [6.07, 6.45) is 0. The normalized spacial score (nSPS) is 22.2. The van der Waals surface area contributed by atoms with Crippen LogP contribution >= 0.6 is 0 Å². The van der Waals surface area contributed by atoms with Crippen molar-refractivity contribution in [2.75, 3.05) is 0 Å². The van der Waals surface area contributed by atoms with Gasteiger partial charge in [-0.15, -0.1) is 0 Å². The van der Waals surface area contributed by atoms with E-state index < -0.39 is 11.0 Å². The molecule has 1 aliphatic heterocycles. The van der Waals surface area contributed by atoms with E-state index in [0.29, 0.717) is 5.56 Å². The van der Waals surface area contributed by atoms with Crippen LogP contribution in [0.5, 0.6) is 11.5 Å². The molecule has 2 spiro atoms. The summed E-state index contributed by atoms with van der Waals surface area (Å²) >= 11 is 0. The van der Waals surface area contributed by atoms with Crippen LogP contribution in [0.25, 0.3) is 291 Å². The van der Waals surface area contributed by atoms with E-state index in [1.807, 2.05) is 0 Å². The highest BCUT2D eigenvalue weighted by molar-refractivity contribution is 6.82. The van der Waals surface area contributed by atoms with Gasteiger partial charge in [-0.25, -0.2) is 0 Å². The highest BCUT2D eigenvalue weighted by atomic mass is 16.7. The number of phenols is 2. The van der Waals surface area contributed by atoms with Crippen molar-refractivity contribution in [2.45, 2.75) is 11.0 Å². The molecule has 0 saturated heterocycles. The molecule has 5 aliphatic rings. The Morgan fingerprint density at radius 1 is 0.268 bits per heavy atom. The van der Waals surface area contributed by atoms with E-state index in [4.69, 9.17) is 9.99 Å². The summed E-state index contributed by atoms with van der Waals surface area (Å²) in [5.74, 6) is 0.269. The van der Waals surface area contributed by atoms with Crippen LogP contribution in [-0.2, 0) is 15.9 Å². The predicted octanol–water partition coefficient (Wildman–Crippen LogP) is 17.1. The van der Waals surface area contributed by atoms with Crippen LogP contribution in [0.3, 0.4) is 0 Å². The molecule has 0 bridgehead atoms. The number of oxime groups is 1. The van der Waals surface area contributed by atoms with Crippen molar-refractivity contribution in [1.29, 1.82) is 0 Å². The molecule has 0 fully saturated rings. The van der Waals surface area contributed by atoms with E-state index in [0.717, 1.165) is 5.71 Å². The molecule has 0 aromatic heterocycles. The number of aromatic hydroxyl groups is 2. The lowest BCUT2D eigenvalue weighted by Gasteiger charge is -2.47. The molecule has 0 atom stereocenters. The fourth-order valence-corrected chi connectivity index (χ4v) is 24.9. The van der Waals surface area contributed by atoms with Crippen molar-refractivity contribution < 1.29 is 15.1 Å². The molecule has 29 aromatic rings. The predicted molar refractivity (Wildman–Crippen MR) is 291 cm³/mol. The maximum Gasteiger partial charge on any atom is 0.209 e. The monoisotopic (exact) mass is 871 g/mol. The van der Waals surface area contributed by atoms with Crippen molar-refractivity contribution in [2.24, 2.45) is 5.16 Å². The topological polar surface area (TPSA) is 62.0 Å². The molecule has 29 aromatic carbocycles. The summed E-state index contributed by atoms with van der Waals surface area (Å²) in [6.45, 7) is 0. The number of hydrogen-bond donors (Lipinski definition) is 2. The van der Waals surface area contributed by atoms with Crippen molar-refractivity contribution in [3.05, 3.63) is 46.0 Å². The average Bonchev–Trinajstić information content (AvgIpc) is 4.40. The maximum atomic E-state index is 12.4. The Labute approximate surface area is 383 Å². The molecule has 34 rings (SSSR count). The van der Waals surface area contributed by atoms with E-state index in [9.17, 15) is 10.2 Å². The van der Waals surface area contributed by atoms with Crippen LogP contribution in [-0.4, -0.2) is 15.9 Å². The quantitative estimate of drug-likeness (QED) is 0.128. The molecule has 1 heterocycles. The molecule has 0 saturated carbocycles. The fraction of sp³-hybridized carbons (Fsp3) is 0.0299. The Balaban J connectivity index is 1.17.